The molecule has 0 aliphatic heterocycles. The largest absolute Gasteiger partial charge is 0.349 e. The van der Waals surface area contributed by atoms with Crippen LogP contribution in [0.5, 0.6) is 0 Å². The summed E-state index contributed by atoms with van der Waals surface area (Å²) in [6.45, 7) is 1.93. The van der Waals surface area contributed by atoms with E-state index < -0.39 is 0 Å². The smallest absolute Gasteiger partial charge is 0.251 e. The van der Waals surface area contributed by atoms with Crippen LogP contribution in [0.2, 0.25) is 0 Å². The summed E-state index contributed by atoms with van der Waals surface area (Å²) in [5.41, 5.74) is 1.32. The molecule has 0 aromatic heterocycles. The standard InChI is InChI=1S/C14H17BrN2O2/c1-2-12(15)14(19)17-10-5-3-9(4-6-10)13(18)16-11-7-8-11/h3-6,11-12H,2,7-8H2,1H3,(H,16,18)(H,17,19). The van der Waals surface area contributed by atoms with Crippen molar-refractivity contribution in [1.29, 1.82) is 0 Å². The molecule has 1 atom stereocenters. The van der Waals surface area contributed by atoms with Crippen molar-refractivity contribution < 1.29 is 9.59 Å². The molecule has 0 bridgehead atoms. The maximum absolute atomic E-state index is 11.8. The second kappa shape index (κ2) is 6.19. The number of benzene rings is 1. The topological polar surface area (TPSA) is 58.2 Å². The van der Waals surface area contributed by atoms with E-state index >= 15 is 0 Å². The lowest BCUT2D eigenvalue weighted by Gasteiger charge is -2.09. The average Bonchev–Trinajstić information content (AvgIpc) is 3.22. The Morgan fingerprint density at radius 1 is 1.32 bits per heavy atom. The van der Waals surface area contributed by atoms with E-state index in [0.29, 0.717) is 17.3 Å². The molecule has 0 saturated heterocycles. The number of nitrogens with one attached hydrogen (secondary N) is 2. The van der Waals surface area contributed by atoms with Crippen LogP contribution in [0.1, 0.15) is 36.5 Å². The van der Waals surface area contributed by atoms with Crippen LogP contribution in [-0.2, 0) is 4.79 Å². The van der Waals surface area contributed by atoms with Crippen molar-refractivity contribution >= 4 is 33.4 Å². The van der Waals surface area contributed by atoms with Crippen LogP contribution >= 0.6 is 15.9 Å². The van der Waals surface area contributed by atoms with Crippen molar-refractivity contribution in [2.24, 2.45) is 0 Å². The van der Waals surface area contributed by atoms with E-state index in [2.05, 4.69) is 26.6 Å². The number of hydrogen-bond donors (Lipinski definition) is 2. The minimum absolute atomic E-state index is 0.0488. The van der Waals surface area contributed by atoms with Gasteiger partial charge in [-0.1, -0.05) is 22.9 Å². The number of carbonyl (C=O) groups excluding carboxylic acids is 2. The monoisotopic (exact) mass is 324 g/mol. The fourth-order valence-electron chi connectivity index (χ4n) is 1.61. The van der Waals surface area contributed by atoms with E-state index in [0.717, 1.165) is 19.3 Å². The van der Waals surface area contributed by atoms with Crippen molar-refractivity contribution in [2.45, 2.75) is 37.1 Å². The Hall–Kier alpha value is -1.36. The molecule has 4 nitrogen and oxygen atoms in total. The molecule has 5 heteroatoms. The van der Waals surface area contributed by atoms with Gasteiger partial charge >= 0.3 is 0 Å². The van der Waals surface area contributed by atoms with Crippen molar-refractivity contribution in [3.63, 3.8) is 0 Å². The Labute approximate surface area is 121 Å². The number of carbonyl (C=O) groups is 2. The number of anilines is 1. The Morgan fingerprint density at radius 3 is 2.47 bits per heavy atom. The SMILES string of the molecule is CCC(Br)C(=O)Nc1ccc(C(=O)NC2CC2)cc1. The van der Waals surface area contributed by atoms with Crippen LogP contribution in [0.3, 0.4) is 0 Å². The third-order valence-corrected chi connectivity index (χ3v) is 4.03. The van der Waals surface area contributed by atoms with Crippen LogP contribution in [0.15, 0.2) is 24.3 Å². The predicted molar refractivity (Wildman–Crippen MR) is 78.6 cm³/mol. The molecule has 1 fully saturated rings. The lowest BCUT2D eigenvalue weighted by atomic mass is 10.2. The summed E-state index contributed by atoms with van der Waals surface area (Å²) >= 11 is 3.30. The van der Waals surface area contributed by atoms with Gasteiger partial charge in [0, 0.05) is 17.3 Å². The van der Waals surface area contributed by atoms with Crippen LogP contribution in [-0.4, -0.2) is 22.7 Å². The summed E-state index contributed by atoms with van der Waals surface area (Å²) in [6.07, 6.45) is 2.88. The Bertz CT molecular complexity index is 469. The molecule has 1 unspecified atom stereocenters. The third kappa shape index (κ3) is 4.06. The van der Waals surface area contributed by atoms with E-state index in [1.54, 1.807) is 24.3 Å². The minimum atomic E-state index is -0.189. The number of rotatable bonds is 5. The summed E-state index contributed by atoms with van der Waals surface area (Å²) in [4.78, 5) is 23.3. The number of alkyl halides is 1. The molecule has 1 aliphatic rings. The third-order valence-electron chi connectivity index (χ3n) is 2.97. The molecule has 1 aromatic carbocycles. The molecule has 0 heterocycles. The summed E-state index contributed by atoms with van der Waals surface area (Å²) < 4.78 is 0. The molecule has 102 valence electrons. The normalized spacial score (nSPS) is 15.7. The molecule has 0 spiro atoms. The zero-order valence-electron chi connectivity index (χ0n) is 10.8. The summed E-state index contributed by atoms with van der Waals surface area (Å²) in [7, 11) is 0. The summed E-state index contributed by atoms with van der Waals surface area (Å²) in [5.74, 6) is -0.120. The molecule has 1 saturated carbocycles. The first-order valence-corrected chi connectivity index (χ1v) is 7.37. The quantitative estimate of drug-likeness (QED) is 0.818. The molecular formula is C14H17BrN2O2. The Balaban J connectivity index is 1.93. The highest BCUT2D eigenvalue weighted by molar-refractivity contribution is 9.10. The lowest BCUT2D eigenvalue weighted by Crippen LogP contribution is -2.25. The first-order chi connectivity index (χ1) is 9.10. The highest BCUT2D eigenvalue weighted by Crippen LogP contribution is 2.20. The van der Waals surface area contributed by atoms with Crippen molar-refractivity contribution in [3.05, 3.63) is 29.8 Å². The highest BCUT2D eigenvalue weighted by Gasteiger charge is 2.23. The molecule has 0 radical (unpaired) electrons. The van der Waals surface area contributed by atoms with E-state index in [1.165, 1.54) is 0 Å². The van der Waals surface area contributed by atoms with Gasteiger partial charge in [0.15, 0.2) is 0 Å². The molecular weight excluding hydrogens is 308 g/mol. The van der Waals surface area contributed by atoms with Gasteiger partial charge in [-0.3, -0.25) is 9.59 Å². The van der Waals surface area contributed by atoms with Gasteiger partial charge in [0.2, 0.25) is 5.91 Å². The van der Waals surface area contributed by atoms with Gasteiger partial charge in [0.05, 0.1) is 4.83 Å². The van der Waals surface area contributed by atoms with Gasteiger partial charge in [-0.25, -0.2) is 0 Å². The van der Waals surface area contributed by atoms with E-state index in [4.69, 9.17) is 0 Å². The van der Waals surface area contributed by atoms with E-state index in [9.17, 15) is 9.59 Å². The van der Waals surface area contributed by atoms with Crippen molar-refractivity contribution in [1.82, 2.24) is 5.32 Å². The number of hydrogen-bond acceptors (Lipinski definition) is 2. The summed E-state index contributed by atoms with van der Waals surface area (Å²) in [6, 6.07) is 7.29. The Morgan fingerprint density at radius 2 is 1.95 bits per heavy atom. The average molecular weight is 325 g/mol. The van der Waals surface area contributed by atoms with Gasteiger partial charge in [-0.2, -0.15) is 0 Å². The maximum atomic E-state index is 11.8. The van der Waals surface area contributed by atoms with E-state index in [-0.39, 0.29) is 16.6 Å². The maximum Gasteiger partial charge on any atom is 0.251 e. The van der Waals surface area contributed by atoms with Crippen LogP contribution in [0.4, 0.5) is 5.69 Å². The minimum Gasteiger partial charge on any atom is -0.349 e. The molecule has 19 heavy (non-hydrogen) atoms. The van der Waals surface area contributed by atoms with Crippen LogP contribution in [0, 0.1) is 0 Å². The molecule has 2 amide bonds. The second-order valence-corrected chi connectivity index (χ2v) is 5.80. The zero-order chi connectivity index (χ0) is 13.8. The van der Waals surface area contributed by atoms with Gasteiger partial charge in [-0.05, 0) is 43.5 Å². The number of amides is 2. The van der Waals surface area contributed by atoms with Crippen molar-refractivity contribution in [3.8, 4) is 0 Å². The van der Waals surface area contributed by atoms with Crippen LogP contribution in [0.25, 0.3) is 0 Å². The van der Waals surface area contributed by atoms with Gasteiger partial charge in [-0.15, -0.1) is 0 Å². The second-order valence-electron chi connectivity index (χ2n) is 4.69. The predicted octanol–water partition coefficient (Wildman–Crippen LogP) is 2.69. The van der Waals surface area contributed by atoms with Crippen molar-refractivity contribution in [2.75, 3.05) is 5.32 Å². The summed E-state index contributed by atoms with van der Waals surface area (Å²) in [5, 5.41) is 5.72. The zero-order valence-corrected chi connectivity index (χ0v) is 12.4. The fraction of sp³-hybridized carbons (Fsp3) is 0.429. The highest BCUT2D eigenvalue weighted by atomic mass is 79.9. The first-order valence-electron chi connectivity index (χ1n) is 6.46. The molecule has 2 N–H and O–H groups in total. The van der Waals surface area contributed by atoms with Gasteiger partial charge in [0.1, 0.15) is 0 Å². The van der Waals surface area contributed by atoms with Gasteiger partial charge < -0.3 is 10.6 Å². The molecule has 2 rings (SSSR count). The molecule has 1 aliphatic carbocycles. The van der Waals surface area contributed by atoms with Gasteiger partial charge in [0.25, 0.3) is 5.91 Å². The number of halogens is 1. The Kier molecular flexibility index (Phi) is 4.58. The first kappa shape index (κ1) is 14.1. The lowest BCUT2D eigenvalue weighted by molar-refractivity contribution is -0.115. The van der Waals surface area contributed by atoms with E-state index in [1.807, 2.05) is 6.92 Å². The molecule has 1 aromatic rings. The van der Waals surface area contributed by atoms with Crippen LogP contribution < -0.4 is 10.6 Å². The fourth-order valence-corrected chi connectivity index (χ4v) is 1.72.